The van der Waals surface area contributed by atoms with Gasteiger partial charge in [-0.2, -0.15) is 13.1 Å². The zero-order chi connectivity index (χ0) is 12.7. The van der Waals surface area contributed by atoms with Crippen LogP contribution in [0.4, 0.5) is 0 Å². The van der Waals surface area contributed by atoms with E-state index in [0.29, 0.717) is 13.1 Å². The van der Waals surface area contributed by atoms with Crippen LogP contribution in [-0.2, 0) is 16.8 Å². The van der Waals surface area contributed by atoms with Gasteiger partial charge in [-0.15, -0.1) is 11.3 Å². The first-order chi connectivity index (χ1) is 8.07. The molecule has 7 heteroatoms. The standard InChI is InChI=1S/C10H15N3O2S2/c1-2-12-17(14,15)13-7-10-6-9(8-16-10)4-3-5-11/h6,8,12-13H,2,5,7,11H2,1H3. The lowest BCUT2D eigenvalue weighted by molar-refractivity contribution is 0.569. The maximum Gasteiger partial charge on any atom is 0.277 e. The molecule has 0 spiro atoms. The molecule has 0 aliphatic rings. The van der Waals surface area contributed by atoms with E-state index in [1.807, 2.05) is 11.4 Å². The molecule has 1 aromatic rings. The van der Waals surface area contributed by atoms with Crippen molar-refractivity contribution in [1.29, 1.82) is 0 Å². The quantitative estimate of drug-likeness (QED) is 0.660. The van der Waals surface area contributed by atoms with Crippen molar-refractivity contribution in [3.8, 4) is 11.8 Å². The summed E-state index contributed by atoms with van der Waals surface area (Å²) in [6.07, 6.45) is 0. The van der Waals surface area contributed by atoms with Crippen molar-refractivity contribution in [1.82, 2.24) is 9.44 Å². The van der Waals surface area contributed by atoms with Crippen molar-refractivity contribution in [3.05, 3.63) is 21.9 Å². The molecule has 94 valence electrons. The van der Waals surface area contributed by atoms with Crippen LogP contribution in [0, 0.1) is 11.8 Å². The summed E-state index contributed by atoms with van der Waals surface area (Å²) in [7, 11) is -3.39. The Kier molecular flexibility index (Phi) is 5.61. The van der Waals surface area contributed by atoms with E-state index in [2.05, 4.69) is 21.3 Å². The minimum atomic E-state index is -3.39. The fourth-order valence-corrected chi connectivity index (χ4v) is 2.77. The topological polar surface area (TPSA) is 84.2 Å². The van der Waals surface area contributed by atoms with Gasteiger partial charge in [0.05, 0.1) is 6.54 Å². The molecule has 0 aliphatic heterocycles. The molecule has 0 atom stereocenters. The molecule has 0 bridgehead atoms. The van der Waals surface area contributed by atoms with Crippen molar-refractivity contribution in [2.24, 2.45) is 5.73 Å². The SMILES string of the molecule is CCNS(=O)(=O)NCc1cc(C#CCN)cs1. The van der Waals surface area contributed by atoms with E-state index >= 15 is 0 Å². The first-order valence-corrected chi connectivity index (χ1v) is 7.44. The van der Waals surface area contributed by atoms with Gasteiger partial charge in [-0.25, -0.2) is 4.72 Å². The van der Waals surface area contributed by atoms with Crippen LogP contribution >= 0.6 is 11.3 Å². The Morgan fingerprint density at radius 1 is 1.47 bits per heavy atom. The normalized spacial score (nSPS) is 10.9. The molecular weight excluding hydrogens is 258 g/mol. The van der Waals surface area contributed by atoms with Crippen LogP contribution in [0.1, 0.15) is 17.4 Å². The molecule has 0 saturated heterocycles. The third-order valence-corrected chi connectivity index (χ3v) is 3.89. The fourth-order valence-electron chi connectivity index (χ4n) is 1.10. The maximum atomic E-state index is 11.3. The van der Waals surface area contributed by atoms with E-state index in [4.69, 9.17) is 5.73 Å². The summed E-state index contributed by atoms with van der Waals surface area (Å²) in [5.74, 6) is 5.63. The number of nitrogens with one attached hydrogen (secondary N) is 2. The zero-order valence-corrected chi connectivity index (χ0v) is 11.1. The molecule has 1 rings (SSSR count). The van der Waals surface area contributed by atoms with E-state index in [0.717, 1.165) is 10.4 Å². The predicted molar refractivity (Wildman–Crippen MR) is 69.7 cm³/mol. The first-order valence-electron chi connectivity index (χ1n) is 5.08. The molecule has 0 aliphatic carbocycles. The van der Waals surface area contributed by atoms with Gasteiger partial charge >= 0.3 is 0 Å². The van der Waals surface area contributed by atoms with Crippen molar-refractivity contribution in [2.45, 2.75) is 13.5 Å². The first kappa shape index (κ1) is 14.2. The molecule has 0 unspecified atom stereocenters. The van der Waals surface area contributed by atoms with Gasteiger partial charge < -0.3 is 5.73 Å². The molecule has 0 saturated carbocycles. The second-order valence-corrected chi connectivity index (χ2v) is 5.71. The summed E-state index contributed by atoms with van der Waals surface area (Å²) in [4.78, 5) is 0.910. The predicted octanol–water partition coefficient (Wildman–Crippen LogP) is 0.00220. The van der Waals surface area contributed by atoms with Crippen LogP contribution in [0.3, 0.4) is 0 Å². The van der Waals surface area contributed by atoms with E-state index in [1.54, 1.807) is 6.92 Å². The third-order valence-electron chi connectivity index (χ3n) is 1.76. The van der Waals surface area contributed by atoms with Gasteiger partial charge in [0.1, 0.15) is 0 Å². The minimum absolute atomic E-state index is 0.268. The van der Waals surface area contributed by atoms with Crippen LogP contribution in [0.25, 0.3) is 0 Å². The van der Waals surface area contributed by atoms with Gasteiger partial charge in [-0.05, 0) is 6.07 Å². The highest BCUT2D eigenvalue weighted by atomic mass is 32.2. The van der Waals surface area contributed by atoms with Crippen LogP contribution < -0.4 is 15.2 Å². The number of rotatable bonds is 5. The Balaban J connectivity index is 2.56. The average molecular weight is 273 g/mol. The smallest absolute Gasteiger partial charge is 0.277 e. The van der Waals surface area contributed by atoms with Crippen molar-refractivity contribution < 1.29 is 8.42 Å². The van der Waals surface area contributed by atoms with Gasteiger partial charge in [-0.1, -0.05) is 18.8 Å². The number of thiophene rings is 1. The van der Waals surface area contributed by atoms with Crippen molar-refractivity contribution in [3.63, 3.8) is 0 Å². The molecule has 1 aromatic heterocycles. The fraction of sp³-hybridized carbons (Fsp3) is 0.400. The van der Waals surface area contributed by atoms with Crippen molar-refractivity contribution in [2.75, 3.05) is 13.1 Å². The van der Waals surface area contributed by atoms with Gasteiger partial charge in [0, 0.05) is 28.9 Å². The minimum Gasteiger partial charge on any atom is -0.320 e. The van der Waals surface area contributed by atoms with E-state index in [1.165, 1.54) is 11.3 Å². The van der Waals surface area contributed by atoms with Crippen LogP contribution in [0.15, 0.2) is 11.4 Å². The average Bonchev–Trinajstić information content (AvgIpc) is 2.72. The van der Waals surface area contributed by atoms with Gasteiger partial charge in [0.25, 0.3) is 10.2 Å². The second kappa shape index (κ2) is 6.74. The van der Waals surface area contributed by atoms with Crippen LogP contribution in [0.2, 0.25) is 0 Å². The highest BCUT2D eigenvalue weighted by Crippen LogP contribution is 2.13. The Hall–Kier alpha value is -0.910. The summed E-state index contributed by atoms with van der Waals surface area (Å²) in [6.45, 7) is 2.68. The monoisotopic (exact) mass is 273 g/mol. The lowest BCUT2D eigenvalue weighted by Gasteiger charge is -2.04. The largest absolute Gasteiger partial charge is 0.320 e. The summed E-state index contributed by atoms with van der Waals surface area (Å²) >= 11 is 1.46. The second-order valence-electron chi connectivity index (χ2n) is 3.13. The summed E-state index contributed by atoms with van der Waals surface area (Å²) in [5.41, 5.74) is 6.12. The lowest BCUT2D eigenvalue weighted by Crippen LogP contribution is -2.35. The molecule has 4 N–H and O–H groups in total. The number of nitrogens with two attached hydrogens (primary N) is 1. The molecule has 5 nitrogen and oxygen atoms in total. The summed E-state index contributed by atoms with van der Waals surface area (Å²) in [5, 5.41) is 1.87. The highest BCUT2D eigenvalue weighted by Gasteiger charge is 2.07. The highest BCUT2D eigenvalue weighted by molar-refractivity contribution is 7.87. The molecular formula is C10H15N3O2S2. The Bertz CT molecular complexity index is 511. The van der Waals surface area contributed by atoms with Crippen LogP contribution in [-0.4, -0.2) is 21.5 Å². The van der Waals surface area contributed by atoms with Gasteiger partial charge in [0.15, 0.2) is 0 Å². The zero-order valence-electron chi connectivity index (χ0n) is 9.49. The van der Waals surface area contributed by atoms with Crippen LogP contribution in [0.5, 0.6) is 0 Å². The van der Waals surface area contributed by atoms with Gasteiger partial charge in [0.2, 0.25) is 0 Å². The third kappa shape index (κ3) is 5.30. The molecule has 0 radical (unpaired) electrons. The Labute approximate surface area is 106 Å². The Morgan fingerprint density at radius 2 is 2.24 bits per heavy atom. The molecule has 0 aromatic carbocycles. The molecule has 1 heterocycles. The van der Waals surface area contributed by atoms with E-state index in [9.17, 15) is 8.42 Å². The molecule has 0 amide bonds. The molecule has 0 fully saturated rings. The van der Waals surface area contributed by atoms with E-state index < -0.39 is 10.2 Å². The van der Waals surface area contributed by atoms with E-state index in [-0.39, 0.29) is 6.54 Å². The maximum absolute atomic E-state index is 11.3. The molecule has 17 heavy (non-hydrogen) atoms. The summed E-state index contributed by atoms with van der Waals surface area (Å²) in [6, 6.07) is 1.85. The lowest BCUT2D eigenvalue weighted by atomic mass is 10.3. The van der Waals surface area contributed by atoms with Crippen molar-refractivity contribution >= 4 is 21.5 Å². The Morgan fingerprint density at radius 3 is 2.88 bits per heavy atom. The number of hydrogen-bond donors (Lipinski definition) is 3. The van der Waals surface area contributed by atoms with Gasteiger partial charge in [-0.3, -0.25) is 0 Å². The number of hydrogen-bond acceptors (Lipinski definition) is 4. The summed E-state index contributed by atoms with van der Waals surface area (Å²) < 4.78 is 27.4.